The summed E-state index contributed by atoms with van der Waals surface area (Å²) in [5.74, 6) is -0.885. The smallest absolute Gasteiger partial charge is 0.295 e. The molecule has 1 heterocycles. The van der Waals surface area contributed by atoms with Gasteiger partial charge in [0.05, 0.1) is 17.7 Å². The molecule has 6 heteroatoms. The van der Waals surface area contributed by atoms with Crippen LogP contribution in [-0.2, 0) is 14.3 Å². The first-order valence-electron chi connectivity index (χ1n) is 10.7. The highest BCUT2D eigenvalue weighted by Crippen LogP contribution is 2.39. The van der Waals surface area contributed by atoms with Gasteiger partial charge >= 0.3 is 0 Å². The quantitative estimate of drug-likeness (QED) is 0.196. The zero-order valence-corrected chi connectivity index (χ0v) is 18.5. The van der Waals surface area contributed by atoms with E-state index in [1.165, 1.54) is 4.90 Å². The van der Waals surface area contributed by atoms with Crippen molar-refractivity contribution in [2.45, 2.75) is 32.4 Å². The number of aliphatic hydroxyl groups excluding tert-OH is 1. The third kappa shape index (κ3) is 5.26. The third-order valence-electron chi connectivity index (χ3n) is 5.15. The Hall–Kier alpha value is -3.38. The third-order valence-corrected chi connectivity index (χ3v) is 5.15. The van der Waals surface area contributed by atoms with Crippen LogP contribution in [0.4, 0.5) is 0 Å². The van der Waals surface area contributed by atoms with Gasteiger partial charge in [-0.2, -0.15) is 0 Å². The lowest BCUT2D eigenvalue weighted by atomic mass is 9.95. The first kappa shape index (κ1) is 23.3. The number of benzene rings is 2. The molecule has 0 aliphatic carbocycles. The van der Waals surface area contributed by atoms with Crippen molar-refractivity contribution in [2.75, 3.05) is 19.8 Å². The number of hydrogen-bond donors (Lipinski definition) is 1. The Morgan fingerprint density at radius 1 is 1.12 bits per heavy atom. The number of carbonyl (C=O) groups excluding carboxylic acids is 2. The SMILES string of the molecule is C=CCOc1ccc(C(O)=C2C(=O)C(=O)N(CCCOC(C)C)[C@@H]2c2ccccc2)cc1. The minimum absolute atomic E-state index is 0.0886. The molecular weight excluding hydrogens is 406 g/mol. The summed E-state index contributed by atoms with van der Waals surface area (Å²) in [5, 5.41) is 11.1. The van der Waals surface area contributed by atoms with Gasteiger partial charge in [-0.05, 0) is 50.1 Å². The molecule has 1 aliphatic rings. The van der Waals surface area contributed by atoms with Crippen LogP contribution in [0.1, 0.15) is 37.4 Å². The van der Waals surface area contributed by atoms with E-state index in [9.17, 15) is 14.7 Å². The van der Waals surface area contributed by atoms with E-state index in [1.54, 1.807) is 30.3 Å². The second-order valence-electron chi connectivity index (χ2n) is 7.80. The Morgan fingerprint density at radius 3 is 2.44 bits per heavy atom. The van der Waals surface area contributed by atoms with E-state index >= 15 is 0 Å². The zero-order chi connectivity index (χ0) is 23.1. The van der Waals surface area contributed by atoms with E-state index in [0.717, 1.165) is 5.56 Å². The minimum atomic E-state index is -0.687. The highest BCUT2D eigenvalue weighted by molar-refractivity contribution is 6.46. The number of ether oxygens (including phenoxy) is 2. The predicted octanol–water partition coefficient (Wildman–Crippen LogP) is 4.49. The molecule has 6 nitrogen and oxygen atoms in total. The molecule has 1 aliphatic heterocycles. The largest absolute Gasteiger partial charge is 0.507 e. The summed E-state index contributed by atoms with van der Waals surface area (Å²) in [6.45, 7) is 8.71. The van der Waals surface area contributed by atoms with E-state index in [-0.39, 0.29) is 17.4 Å². The number of aliphatic hydroxyl groups is 1. The fourth-order valence-corrected chi connectivity index (χ4v) is 3.67. The van der Waals surface area contributed by atoms with Crippen LogP contribution in [0, 0.1) is 0 Å². The van der Waals surface area contributed by atoms with Crippen LogP contribution >= 0.6 is 0 Å². The molecule has 2 aromatic carbocycles. The van der Waals surface area contributed by atoms with E-state index in [0.29, 0.717) is 37.5 Å². The van der Waals surface area contributed by atoms with Crippen LogP contribution in [0.5, 0.6) is 5.75 Å². The maximum atomic E-state index is 13.0. The van der Waals surface area contributed by atoms with Crippen LogP contribution in [0.15, 0.2) is 72.8 Å². The second-order valence-corrected chi connectivity index (χ2v) is 7.80. The normalized spacial score (nSPS) is 17.7. The number of likely N-dealkylation sites (tertiary alicyclic amines) is 1. The van der Waals surface area contributed by atoms with E-state index < -0.39 is 17.7 Å². The van der Waals surface area contributed by atoms with E-state index in [1.807, 2.05) is 44.2 Å². The summed E-state index contributed by atoms with van der Waals surface area (Å²) in [4.78, 5) is 27.4. The first-order chi connectivity index (χ1) is 15.4. The summed E-state index contributed by atoms with van der Waals surface area (Å²) in [6.07, 6.45) is 2.32. The van der Waals surface area contributed by atoms with Crippen molar-refractivity contribution >= 4 is 17.4 Å². The number of rotatable bonds is 10. The molecule has 32 heavy (non-hydrogen) atoms. The molecule has 2 aromatic rings. The minimum Gasteiger partial charge on any atom is -0.507 e. The number of hydrogen-bond acceptors (Lipinski definition) is 5. The molecule has 0 bridgehead atoms. The highest BCUT2D eigenvalue weighted by atomic mass is 16.5. The van der Waals surface area contributed by atoms with Crippen molar-refractivity contribution < 1.29 is 24.2 Å². The van der Waals surface area contributed by atoms with Gasteiger partial charge in [0.15, 0.2) is 0 Å². The molecule has 1 fully saturated rings. The van der Waals surface area contributed by atoms with Gasteiger partial charge in [-0.25, -0.2) is 0 Å². The first-order valence-corrected chi connectivity index (χ1v) is 10.7. The van der Waals surface area contributed by atoms with Crippen molar-refractivity contribution in [3.05, 3.63) is 84.0 Å². The Balaban J connectivity index is 1.95. The van der Waals surface area contributed by atoms with E-state index in [2.05, 4.69) is 6.58 Å². The zero-order valence-electron chi connectivity index (χ0n) is 18.5. The number of nitrogens with zero attached hydrogens (tertiary/aromatic N) is 1. The van der Waals surface area contributed by atoms with Crippen LogP contribution < -0.4 is 4.74 Å². The van der Waals surface area contributed by atoms with Crippen LogP contribution in [-0.4, -0.2) is 47.6 Å². The van der Waals surface area contributed by atoms with Crippen molar-refractivity contribution in [1.29, 1.82) is 0 Å². The molecule has 1 atom stereocenters. The maximum Gasteiger partial charge on any atom is 0.295 e. The molecule has 0 aromatic heterocycles. The molecule has 0 saturated carbocycles. The lowest BCUT2D eigenvalue weighted by Crippen LogP contribution is -2.31. The number of amides is 1. The molecule has 0 unspecified atom stereocenters. The molecule has 168 valence electrons. The summed E-state index contributed by atoms with van der Waals surface area (Å²) in [6, 6.07) is 15.4. The topological polar surface area (TPSA) is 76.1 Å². The van der Waals surface area contributed by atoms with Gasteiger partial charge in [0.2, 0.25) is 0 Å². The number of carbonyl (C=O) groups is 2. The van der Waals surface area contributed by atoms with Gasteiger partial charge in [0.25, 0.3) is 11.7 Å². The Labute approximate surface area is 188 Å². The fourth-order valence-electron chi connectivity index (χ4n) is 3.67. The molecule has 1 N–H and O–H groups in total. The monoisotopic (exact) mass is 435 g/mol. The van der Waals surface area contributed by atoms with Gasteiger partial charge in [-0.15, -0.1) is 0 Å². The number of ketones is 1. The Bertz CT molecular complexity index is 979. The summed E-state index contributed by atoms with van der Waals surface area (Å²) in [7, 11) is 0. The molecule has 3 rings (SSSR count). The molecule has 1 saturated heterocycles. The molecule has 1 amide bonds. The van der Waals surface area contributed by atoms with Gasteiger partial charge in [-0.3, -0.25) is 9.59 Å². The average Bonchev–Trinajstić information content (AvgIpc) is 3.05. The Morgan fingerprint density at radius 2 is 1.81 bits per heavy atom. The fraction of sp³-hybridized carbons (Fsp3) is 0.308. The molecule has 0 radical (unpaired) electrons. The summed E-state index contributed by atoms with van der Waals surface area (Å²) < 4.78 is 11.1. The van der Waals surface area contributed by atoms with Gasteiger partial charge < -0.3 is 19.5 Å². The Kier molecular flexibility index (Phi) is 7.84. The number of Topliss-reactive ketones (excluding diaryl/α,β-unsaturated/α-hetero) is 1. The van der Waals surface area contributed by atoms with Crippen molar-refractivity contribution in [3.8, 4) is 5.75 Å². The van der Waals surface area contributed by atoms with E-state index in [4.69, 9.17) is 9.47 Å². The second kappa shape index (κ2) is 10.8. The van der Waals surface area contributed by atoms with Crippen LogP contribution in [0.2, 0.25) is 0 Å². The summed E-state index contributed by atoms with van der Waals surface area (Å²) >= 11 is 0. The van der Waals surface area contributed by atoms with Gasteiger partial charge in [0.1, 0.15) is 18.1 Å². The predicted molar refractivity (Wildman–Crippen MR) is 123 cm³/mol. The van der Waals surface area contributed by atoms with Crippen molar-refractivity contribution in [2.24, 2.45) is 0 Å². The lowest BCUT2D eigenvalue weighted by molar-refractivity contribution is -0.140. The molecular formula is C26H29NO5. The molecule has 0 spiro atoms. The maximum absolute atomic E-state index is 13.0. The lowest BCUT2D eigenvalue weighted by Gasteiger charge is -2.25. The van der Waals surface area contributed by atoms with Gasteiger partial charge in [-0.1, -0.05) is 43.0 Å². The van der Waals surface area contributed by atoms with Crippen LogP contribution in [0.25, 0.3) is 5.76 Å². The summed E-state index contributed by atoms with van der Waals surface area (Å²) in [5.41, 5.74) is 1.30. The standard InChI is InChI=1S/C26H29NO5/c1-4-16-32-21-13-11-20(12-14-21)24(28)22-23(19-9-6-5-7-10-19)27(26(30)25(22)29)15-8-17-31-18(2)3/h4-7,9-14,18,23,28H,1,8,15-17H2,2-3H3/t23-/m1/s1. The van der Waals surface area contributed by atoms with Crippen molar-refractivity contribution in [3.63, 3.8) is 0 Å². The van der Waals surface area contributed by atoms with Crippen LogP contribution in [0.3, 0.4) is 0 Å². The van der Waals surface area contributed by atoms with Crippen molar-refractivity contribution in [1.82, 2.24) is 4.90 Å². The van der Waals surface area contributed by atoms with Gasteiger partial charge in [0, 0.05) is 18.7 Å². The average molecular weight is 436 g/mol. The highest BCUT2D eigenvalue weighted by Gasteiger charge is 2.45.